The van der Waals surface area contributed by atoms with Crippen molar-refractivity contribution in [3.63, 3.8) is 0 Å². The van der Waals surface area contributed by atoms with Crippen LogP contribution in [-0.4, -0.2) is 27.2 Å². The van der Waals surface area contributed by atoms with Crippen molar-refractivity contribution in [1.29, 1.82) is 0 Å². The van der Waals surface area contributed by atoms with Gasteiger partial charge >= 0.3 is 5.69 Å². The van der Waals surface area contributed by atoms with E-state index >= 15 is 0 Å². The van der Waals surface area contributed by atoms with E-state index in [1.54, 1.807) is 6.26 Å². The largest absolute Gasteiger partial charge is 0.310 e. The summed E-state index contributed by atoms with van der Waals surface area (Å²) >= 11 is 0. The van der Waals surface area contributed by atoms with Crippen LogP contribution in [0.15, 0.2) is 18.2 Å². The Balaban J connectivity index is 2.60. The number of nitrogens with zero attached hydrogens (tertiary/aromatic N) is 1. The predicted molar refractivity (Wildman–Crippen MR) is 72.9 cm³/mol. The molecule has 0 aliphatic rings. The average molecular weight is 288 g/mol. The van der Waals surface area contributed by atoms with Gasteiger partial charge < -0.3 is 5.32 Å². The average Bonchev–Trinajstić information content (AvgIpc) is 2.34. The van der Waals surface area contributed by atoms with Crippen molar-refractivity contribution in [3.05, 3.63) is 39.7 Å². The van der Waals surface area contributed by atoms with Crippen LogP contribution in [0.1, 0.15) is 18.9 Å². The van der Waals surface area contributed by atoms with Crippen molar-refractivity contribution >= 4 is 16.5 Å². The van der Waals surface area contributed by atoms with Gasteiger partial charge in [0.15, 0.2) is 0 Å². The minimum atomic E-state index is -0.852. The number of halogens is 1. The molecule has 0 radical (unpaired) electrons. The van der Waals surface area contributed by atoms with Crippen LogP contribution in [0.2, 0.25) is 0 Å². The van der Waals surface area contributed by atoms with E-state index in [0.717, 1.165) is 6.07 Å². The van der Waals surface area contributed by atoms with Gasteiger partial charge in [0.2, 0.25) is 5.82 Å². The van der Waals surface area contributed by atoms with Gasteiger partial charge in [-0.05, 0) is 13.3 Å². The second-order valence-corrected chi connectivity index (χ2v) is 5.91. The third-order valence-electron chi connectivity index (χ3n) is 2.73. The third-order valence-corrected chi connectivity index (χ3v) is 3.54. The van der Waals surface area contributed by atoms with Crippen molar-refractivity contribution in [2.75, 3.05) is 12.0 Å². The lowest BCUT2D eigenvalue weighted by Crippen LogP contribution is -2.27. The minimum Gasteiger partial charge on any atom is -0.310 e. The van der Waals surface area contributed by atoms with Crippen LogP contribution in [0.5, 0.6) is 0 Å². The third kappa shape index (κ3) is 5.04. The summed E-state index contributed by atoms with van der Waals surface area (Å²) in [7, 11) is -0.852. The number of rotatable bonds is 7. The van der Waals surface area contributed by atoms with Crippen LogP contribution in [0.4, 0.5) is 10.1 Å². The smallest absolute Gasteiger partial charge is 0.305 e. The molecule has 1 aromatic rings. The highest BCUT2D eigenvalue weighted by Crippen LogP contribution is 2.20. The van der Waals surface area contributed by atoms with Gasteiger partial charge in [0.1, 0.15) is 0 Å². The fourth-order valence-electron chi connectivity index (χ4n) is 1.57. The molecule has 2 unspecified atom stereocenters. The van der Waals surface area contributed by atoms with Gasteiger partial charge in [0.05, 0.1) is 4.92 Å². The summed E-state index contributed by atoms with van der Waals surface area (Å²) in [6.45, 7) is 2.12. The van der Waals surface area contributed by atoms with Gasteiger partial charge in [0.25, 0.3) is 0 Å². The van der Waals surface area contributed by atoms with Gasteiger partial charge in [-0.2, -0.15) is 4.39 Å². The lowest BCUT2D eigenvalue weighted by Gasteiger charge is -2.13. The molecule has 5 nitrogen and oxygen atoms in total. The molecule has 0 aliphatic carbocycles. The molecule has 19 heavy (non-hydrogen) atoms. The maximum absolute atomic E-state index is 13.8. The molecule has 0 bridgehead atoms. The Labute approximate surface area is 113 Å². The normalized spacial score (nSPS) is 14.1. The molecule has 0 amide bonds. The van der Waals surface area contributed by atoms with Gasteiger partial charge in [-0.15, -0.1) is 0 Å². The molecule has 1 aromatic carbocycles. The molecular weight excluding hydrogens is 271 g/mol. The number of nitrogens with one attached hydrogen (secondary N) is 1. The Morgan fingerprint density at radius 1 is 1.53 bits per heavy atom. The lowest BCUT2D eigenvalue weighted by molar-refractivity contribution is -0.387. The fraction of sp³-hybridized carbons (Fsp3) is 0.500. The summed E-state index contributed by atoms with van der Waals surface area (Å²) in [5.74, 6) is -0.225. The molecule has 0 heterocycles. The molecule has 0 aliphatic heterocycles. The van der Waals surface area contributed by atoms with E-state index in [0.29, 0.717) is 12.2 Å². The Hall–Kier alpha value is -1.34. The van der Waals surface area contributed by atoms with Gasteiger partial charge in [-0.3, -0.25) is 14.3 Å². The first-order chi connectivity index (χ1) is 8.91. The minimum absolute atomic E-state index is 0.0718. The van der Waals surface area contributed by atoms with Gasteiger partial charge in [-0.1, -0.05) is 12.1 Å². The van der Waals surface area contributed by atoms with Crippen molar-refractivity contribution < 1.29 is 13.5 Å². The quantitative estimate of drug-likeness (QED) is 0.615. The van der Waals surface area contributed by atoms with E-state index in [4.69, 9.17) is 0 Å². The zero-order chi connectivity index (χ0) is 14.4. The number of hydrogen-bond donors (Lipinski definition) is 1. The topological polar surface area (TPSA) is 72.2 Å². The maximum atomic E-state index is 13.8. The molecule has 2 atom stereocenters. The van der Waals surface area contributed by atoms with E-state index in [1.807, 2.05) is 6.92 Å². The number of benzene rings is 1. The number of nitro benzene ring substituents is 1. The molecular formula is C12H17FN2O3S. The summed E-state index contributed by atoms with van der Waals surface area (Å²) in [4.78, 5) is 9.87. The van der Waals surface area contributed by atoms with Crippen molar-refractivity contribution in [3.8, 4) is 0 Å². The van der Waals surface area contributed by atoms with E-state index in [2.05, 4.69) is 5.32 Å². The maximum Gasteiger partial charge on any atom is 0.305 e. The second-order valence-electron chi connectivity index (χ2n) is 4.36. The first kappa shape index (κ1) is 15.7. The molecule has 7 heteroatoms. The van der Waals surface area contributed by atoms with E-state index in [-0.39, 0.29) is 18.2 Å². The molecule has 0 fully saturated rings. The zero-order valence-corrected chi connectivity index (χ0v) is 11.7. The highest BCUT2D eigenvalue weighted by Gasteiger charge is 2.17. The van der Waals surface area contributed by atoms with Crippen LogP contribution >= 0.6 is 0 Å². The van der Waals surface area contributed by atoms with Crippen LogP contribution < -0.4 is 5.32 Å². The summed E-state index contributed by atoms with van der Waals surface area (Å²) in [5, 5.41) is 13.7. The first-order valence-electron chi connectivity index (χ1n) is 5.87. The van der Waals surface area contributed by atoms with E-state index < -0.39 is 27.2 Å². The number of hydrogen-bond acceptors (Lipinski definition) is 4. The molecule has 1 N–H and O–H groups in total. The van der Waals surface area contributed by atoms with Gasteiger partial charge in [0, 0.05) is 47.0 Å². The van der Waals surface area contributed by atoms with Crippen molar-refractivity contribution in [2.24, 2.45) is 0 Å². The lowest BCUT2D eigenvalue weighted by atomic mass is 10.1. The van der Waals surface area contributed by atoms with Crippen LogP contribution in [0.25, 0.3) is 0 Å². The molecule has 1 rings (SSSR count). The Morgan fingerprint density at radius 2 is 2.21 bits per heavy atom. The molecule has 0 spiro atoms. The monoisotopic (exact) mass is 288 g/mol. The van der Waals surface area contributed by atoms with Crippen molar-refractivity contribution in [1.82, 2.24) is 5.32 Å². The van der Waals surface area contributed by atoms with Crippen LogP contribution in [0, 0.1) is 15.9 Å². The molecule has 0 saturated carbocycles. The fourth-order valence-corrected chi connectivity index (χ4v) is 2.26. The predicted octanol–water partition coefficient (Wildman–Crippen LogP) is 1.98. The highest BCUT2D eigenvalue weighted by atomic mass is 32.2. The van der Waals surface area contributed by atoms with Crippen molar-refractivity contribution in [2.45, 2.75) is 25.9 Å². The van der Waals surface area contributed by atoms with Crippen LogP contribution in [-0.2, 0) is 17.3 Å². The first-order valence-corrected chi connectivity index (χ1v) is 7.59. The molecule has 0 saturated heterocycles. The Morgan fingerprint density at radius 3 is 2.79 bits per heavy atom. The van der Waals surface area contributed by atoms with E-state index in [1.165, 1.54) is 12.1 Å². The SMILES string of the molecule is CC(CCS(C)=O)NCc1cccc([N+](=O)[O-])c1F. The Bertz CT molecular complexity index is 482. The highest BCUT2D eigenvalue weighted by molar-refractivity contribution is 7.84. The van der Waals surface area contributed by atoms with Crippen LogP contribution in [0.3, 0.4) is 0 Å². The molecule has 0 aromatic heterocycles. The summed E-state index contributed by atoms with van der Waals surface area (Å²) < 4.78 is 24.7. The zero-order valence-electron chi connectivity index (χ0n) is 10.9. The second kappa shape index (κ2) is 7.30. The summed E-state index contributed by atoms with van der Waals surface area (Å²) in [6, 6.07) is 4.19. The standard InChI is InChI=1S/C12H17FN2O3S/c1-9(6-7-19(2)18)14-8-10-4-3-5-11(12(10)13)15(16)17/h3-5,9,14H,6-8H2,1-2H3. The Kier molecular flexibility index (Phi) is 6.04. The van der Waals surface area contributed by atoms with E-state index in [9.17, 15) is 18.7 Å². The van der Waals surface area contributed by atoms with Gasteiger partial charge in [-0.25, -0.2) is 0 Å². The summed E-state index contributed by atoms with van der Waals surface area (Å²) in [6.07, 6.45) is 2.34. The summed E-state index contributed by atoms with van der Waals surface area (Å²) in [5.41, 5.74) is -0.250. The number of nitro groups is 1. The molecule has 106 valence electrons.